The maximum Gasteiger partial charge on any atom is 0.0770 e. The highest BCUT2D eigenvalue weighted by molar-refractivity contribution is 5.87. The van der Waals surface area contributed by atoms with Crippen LogP contribution in [0.25, 0.3) is 10.8 Å². The van der Waals surface area contributed by atoms with E-state index < -0.39 is 6.10 Å². The predicted molar refractivity (Wildman–Crippen MR) is 59.3 cm³/mol. The van der Waals surface area contributed by atoms with Crippen LogP contribution in [0.15, 0.2) is 36.4 Å². The van der Waals surface area contributed by atoms with Crippen LogP contribution in [-0.4, -0.2) is 5.11 Å². The van der Waals surface area contributed by atoms with Gasteiger partial charge in [-0.1, -0.05) is 36.4 Å². The first-order valence-corrected chi connectivity index (χ1v) is 4.86. The Morgan fingerprint density at radius 3 is 2.50 bits per heavy atom. The molecule has 1 atom stereocenters. The number of aliphatic hydroxyl groups is 1. The summed E-state index contributed by atoms with van der Waals surface area (Å²) in [5, 5.41) is 12.0. The first-order chi connectivity index (χ1) is 6.70. The number of fused-ring (bicyclic) bond motifs is 1. The minimum absolute atomic E-state index is 0.402. The molecule has 1 N–H and O–H groups in total. The fourth-order valence-corrected chi connectivity index (χ4v) is 1.96. The quantitative estimate of drug-likeness (QED) is 0.725. The van der Waals surface area contributed by atoms with Crippen molar-refractivity contribution in [3.05, 3.63) is 47.5 Å². The Kier molecular flexibility index (Phi) is 2.26. The first-order valence-electron chi connectivity index (χ1n) is 4.86. The van der Waals surface area contributed by atoms with Crippen molar-refractivity contribution in [2.24, 2.45) is 0 Å². The van der Waals surface area contributed by atoms with Crippen LogP contribution in [0.5, 0.6) is 0 Å². The van der Waals surface area contributed by atoms with Crippen LogP contribution in [0.2, 0.25) is 0 Å². The third-order valence-corrected chi connectivity index (χ3v) is 2.61. The van der Waals surface area contributed by atoms with Crippen molar-refractivity contribution < 1.29 is 5.11 Å². The third-order valence-electron chi connectivity index (χ3n) is 2.61. The Labute approximate surface area is 84.0 Å². The lowest BCUT2D eigenvalue weighted by molar-refractivity contribution is 0.200. The molecule has 0 unspecified atom stereocenters. The lowest BCUT2D eigenvalue weighted by atomic mass is 9.96. The smallest absolute Gasteiger partial charge is 0.0770 e. The summed E-state index contributed by atoms with van der Waals surface area (Å²) in [5.41, 5.74) is 2.20. The third kappa shape index (κ3) is 1.40. The Morgan fingerprint density at radius 2 is 1.79 bits per heavy atom. The summed E-state index contributed by atoms with van der Waals surface area (Å²) in [6.07, 6.45) is -0.402. The molecule has 0 spiro atoms. The predicted octanol–water partition coefficient (Wildman–Crippen LogP) is 3.20. The molecule has 1 nitrogen and oxygen atoms in total. The highest BCUT2D eigenvalue weighted by Crippen LogP contribution is 2.27. The van der Waals surface area contributed by atoms with E-state index in [9.17, 15) is 5.11 Å². The molecule has 1 heteroatoms. The fraction of sp³-hybridized carbons (Fsp3) is 0.231. The van der Waals surface area contributed by atoms with E-state index in [4.69, 9.17) is 0 Å². The Bertz CT molecular complexity index is 458. The summed E-state index contributed by atoms with van der Waals surface area (Å²) in [6, 6.07) is 12.3. The van der Waals surface area contributed by atoms with Crippen LogP contribution < -0.4 is 0 Å². The summed E-state index contributed by atoms with van der Waals surface area (Å²) < 4.78 is 0. The van der Waals surface area contributed by atoms with E-state index in [1.807, 2.05) is 26.0 Å². The van der Waals surface area contributed by atoms with E-state index >= 15 is 0 Å². The molecule has 0 aliphatic heterocycles. The molecule has 2 rings (SSSR count). The van der Waals surface area contributed by atoms with Gasteiger partial charge in [-0.2, -0.15) is 0 Å². The summed E-state index contributed by atoms with van der Waals surface area (Å²) >= 11 is 0. The van der Waals surface area contributed by atoms with Gasteiger partial charge in [-0.3, -0.25) is 0 Å². The molecule has 0 heterocycles. The van der Waals surface area contributed by atoms with Crippen molar-refractivity contribution in [1.82, 2.24) is 0 Å². The molecular weight excluding hydrogens is 172 g/mol. The lowest BCUT2D eigenvalue weighted by Gasteiger charge is -2.12. The molecule has 0 aliphatic rings. The number of hydrogen-bond acceptors (Lipinski definition) is 1. The van der Waals surface area contributed by atoms with Crippen molar-refractivity contribution in [3.63, 3.8) is 0 Å². The zero-order valence-corrected chi connectivity index (χ0v) is 8.49. The van der Waals surface area contributed by atoms with Gasteiger partial charge in [0.05, 0.1) is 6.10 Å². The van der Waals surface area contributed by atoms with Crippen molar-refractivity contribution >= 4 is 10.8 Å². The molecule has 0 saturated carbocycles. The van der Waals surface area contributed by atoms with Crippen LogP contribution in [0.1, 0.15) is 24.2 Å². The molecule has 0 aromatic heterocycles. The van der Waals surface area contributed by atoms with Gasteiger partial charge in [0.15, 0.2) is 0 Å². The summed E-state index contributed by atoms with van der Waals surface area (Å²) in [5.74, 6) is 0. The second-order valence-electron chi connectivity index (χ2n) is 3.69. The average molecular weight is 186 g/mol. The van der Waals surface area contributed by atoms with Gasteiger partial charge in [-0.15, -0.1) is 0 Å². The van der Waals surface area contributed by atoms with E-state index in [2.05, 4.69) is 24.3 Å². The molecule has 0 fully saturated rings. The molecule has 14 heavy (non-hydrogen) atoms. The molecule has 0 amide bonds. The van der Waals surface area contributed by atoms with E-state index in [0.717, 1.165) is 16.5 Å². The highest BCUT2D eigenvalue weighted by Gasteiger charge is 2.08. The molecule has 0 saturated heterocycles. The van der Waals surface area contributed by atoms with Crippen molar-refractivity contribution in [2.45, 2.75) is 20.0 Å². The summed E-state index contributed by atoms with van der Waals surface area (Å²) in [6.45, 7) is 3.85. The van der Waals surface area contributed by atoms with Gasteiger partial charge >= 0.3 is 0 Å². The minimum Gasteiger partial charge on any atom is -0.389 e. The van der Waals surface area contributed by atoms with Crippen LogP contribution in [-0.2, 0) is 0 Å². The largest absolute Gasteiger partial charge is 0.389 e. The molecule has 0 aliphatic carbocycles. The Morgan fingerprint density at radius 1 is 1.07 bits per heavy atom. The van der Waals surface area contributed by atoms with E-state index in [1.165, 1.54) is 5.39 Å². The Hall–Kier alpha value is -1.34. The maximum absolute atomic E-state index is 9.70. The number of aliphatic hydroxyl groups excluding tert-OH is 1. The van der Waals surface area contributed by atoms with Crippen molar-refractivity contribution in [2.75, 3.05) is 0 Å². The van der Waals surface area contributed by atoms with Gasteiger partial charge in [-0.25, -0.2) is 0 Å². The number of benzene rings is 2. The normalized spacial score (nSPS) is 13.1. The van der Waals surface area contributed by atoms with Crippen LogP contribution in [0.3, 0.4) is 0 Å². The standard InChI is InChI=1S/C13H14O/c1-9-7-8-11-5-3-4-6-12(11)13(9)10(2)14/h3-8,10,14H,1-2H3/t10-/m1/s1. The fourth-order valence-electron chi connectivity index (χ4n) is 1.96. The molecule has 0 radical (unpaired) electrons. The average Bonchev–Trinajstić information content (AvgIpc) is 2.17. The molecular formula is C13H14O. The minimum atomic E-state index is -0.402. The molecule has 2 aromatic carbocycles. The van der Waals surface area contributed by atoms with Gasteiger partial charge in [0.2, 0.25) is 0 Å². The van der Waals surface area contributed by atoms with Crippen molar-refractivity contribution in [3.8, 4) is 0 Å². The van der Waals surface area contributed by atoms with Gasteiger partial charge in [0, 0.05) is 0 Å². The zero-order valence-electron chi connectivity index (χ0n) is 8.49. The van der Waals surface area contributed by atoms with Crippen molar-refractivity contribution in [1.29, 1.82) is 0 Å². The second kappa shape index (κ2) is 3.43. The number of rotatable bonds is 1. The second-order valence-corrected chi connectivity index (χ2v) is 3.69. The van der Waals surface area contributed by atoms with Crippen LogP contribution >= 0.6 is 0 Å². The van der Waals surface area contributed by atoms with E-state index in [0.29, 0.717) is 0 Å². The monoisotopic (exact) mass is 186 g/mol. The topological polar surface area (TPSA) is 20.2 Å². The van der Waals surface area contributed by atoms with Gasteiger partial charge in [0.25, 0.3) is 0 Å². The molecule has 2 aromatic rings. The molecule has 0 bridgehead atoms. The zero-order chi connectivity index (χ0) is 10.1. The molecule has 72 valence electrons. The van der Waals surface area contributed by atoms with E-state index in [-0.39, 0.29) is 0 Å². The van der Waals surface area contributed by atoms with Gasteiger partial charge < -0.3 is 5.11 Å². The van der Waals surface area contributed by atoms with Crippen LogP contribution in [0, 0.1) is 6.92 Å². The maximum atomic E-state index is 9.70. The summed E-state index contributed by atoms with van der Waals surface area (Å²) in [7, 11) is 0. The Balaban J connectivity index is 2.83. The lowest BCUT2D eigenvalue weighted by Crippen LogP contribution is -1.96. The van der Waals surface area contributed by atoms with E-state index in [1.54, 1.807) is 0 Å². The SMILES string of the molecule is Cc1ccc2ccccc2c1[C@@H](C)O. The highest BCUT2D eigenvalue weighted by atomic mass is 16.3. The first kappa shape index (κ1) is 9.22. The number of hydrogen-bond donors (Lipinski definition) is 1. The number of aryl methyl sites for hydroxylation is 1. The van der Waals surface area contributed by atoms with Gasteiger partial charge in [0.1, 0.15) is 0 Å². The van der Waals surface area contributed by atoms with Crippen LogP contribution in [0.4, 0.5) is 0 Å². The van der Waals surface area contributed by atoms with Gasteiger partial charge in [-0.05, 0) is 35.7 Å². The summed E-state index contributed by atoms with van der Waals surface area (Å²) in [4.78, 5) is 0.